The third kappa shape index (κ3) is 3.43. The molecule has 1 saturated heterocycles. The maximum atomic E-state index is 6.19. The van der Waals surface area contributed by atoms with Gasteiger partial charge in [-0.25, -0.2) is 0 Å². The molecule has 0 aromatic rings. The molecule has 0 radical (unpaired) electrons. The molecule has 2 N–H and O–H groups in total. The summed E-state index contributed by atoms with van der Waals surface area (Å²) in [6.45, 7) is 14.8. The van der Waals surface area contributed by atoms with Crippen LogP contribution in [-0.4, -0.2) is 41.6 Å². The average molecular weight is 273 g/mol. The monoisotopic (exact) mass is 272 g/mol. The Labute approximate surface area is 118 Å². The van der Waals surface area contributed by atoms with Crippen molar-refractivity contribution in [2.75, 3.05) is 25.1 Å². The van der Waals surface area contributed by atoms with Crippen LogP contribution in [0.25, 0.3) is 0 Å². The lowest BCUT2D eigenvalue weighted by molar-refractivity contribution is 0.0179. The van der Waals surface area contributed by atoms with E-state index in [0.29, 0.717) is 16.9 Å². The van der Waals surface area contributed by atoms with E-state index in [9.17, 15) is 0 Å². The van der Waals surface area contributed by atoms with Crippen LogP contribution in [0, 0.1) is 10.8 Å². The van der Waals surface area contributed by atoms with Gasteiger partial charge in [0.25, 0.3) is 0 Å². The Morgan fingerprint density at radius 2 is 1.83 bits per heavy atom. The van der Waals surface area contributed by atoms with Gasteiger partial charge in [-0.05, 0) is 37.0 Å². The summed E-state index contributed by atoms with van der Waals surface area (Å²) in [5.41, 5.74) is 7.04. The minimum absolute atomic E-state index is 0.166. The summed E-state index contributed by atoms with van der Waals surface area (Å²) >= 11 is 2.07. The molecule has 0 saturated carbocycles. The fraction of sp³-hybridized carbons (Fsp3) is 1.00. The molecule has 1 aliphatic rings. The van der Waals surface area contributed by atoms with Crippen LogP contribution >= 0.6 is 11.8 Å². The molecule has 2 nitrogen and oxygen atoms in total. The number of hydrogen-bond acceptors (Lipinski definition) is 3. The number of nitrogens with zero attached hydrogens (tertiary/aromatic N) is 1. The van der Waals surface area contributed by atoms with E-state index in [0.717, 1.165) is 6.54 Å². The second-order valence-electron chi connectivity index (χ2n) is 7.92. The molecule has 0 spiro atoms. The van der Waals surface area contributed by atoms with Crippen molar-refractivity contribution in [2.24, 2.45) is 16.6 Å². The summed E-state index contributed by atoms with van der Waals surface area (Å²) in [4.78, 5) is 2.56. The Morgan fingerprint density at radius 1 is 1.28 bits per heavy atom. The normalized spacial score (nSPS) is 30.5. The predicted molar refractivity (Wildman–Crippen MR) is 84.2 cm³/mol. The fourth-order valence-corrected chi connectivity index (χ4v) is 4.56. The van der Waals surface area contributed by atoms with Gasteiger partial charge in [-0.1, -0.05) is 34.6 Å². The molecule has 18 heavy (non-hydrogen) atoms. The van der Waals surface area contributed by atoms with Crippen molar-refractivity contribution in [3.05, 3.63) is 0 Å². The summed E-state index contributed by atoms with van der Waals surface area (Å²) < 4.78 is 0. The quantitative estimate of drug-likeness (QED) is 0.855. The first-order valence-electron chi connectivity index (χ1n) is 7.05. The maximum absolute atomic E-state index is 6.19. The third-order valence-electron chi connectivity index (χ3n) is 4.63. The standard InChI is InChI=1S/C15H32N2S/c1-12(13(2,3)4)17(7)15(9-16)8-14(5,6)10-18-11-15/h12H,8-11,16H2,1-7H3. The molecular formula is C15H32N2S. The van der Waals surface area contributed by atoms with Crippen LogP contribution in [0.15, 0.2) is 0 Å². The molecule has 2 atom stereocenters. The maximum Gasteiger partial charge on any atom is 0.0427 e. The summed E-state index contributed by atoms with van der Waals surface area (Å²) in [5.74, 6) is 2.43. The molecule has 0 aliphatic carbocycles. The molecule has 2 unspecified atom stereocenters. The third-order valence-corrected chi connectivity index (χ3v) is 6.36. The van der Waals surface area contributed by atoms with Crippen molar-refractivity contribution in [2.45, 2.75) is 59.5 Å². The lowest BCUT2D eigenvalue weighted by Gasteiger charge is -2.53. The van der Waals surface area contributed by atoms with Gasteiger partial charge in [0.05, 0.1) is 0 Å². The van der Waals surface area contributed by atoms with E-state index >= 15 is 0 Å². The van der Waals surface area contributed by atoms with Gasteiger partial charge >= 0.3 is 0 Å². The van der Waals surface area contributed by atoms with E-state index in [4.69, 9.17) is 5.73 Å². The van der Waals surface area contributed by atoms with E-state index < -0.39 is 0 Å². The molecule has 0 aromatic heterocycles. The summed E-state index contributed by atoms with van der Waals surface area (Å²) in [6.07, 6.45) is 1.21. The van der Waals surface area contributed by atoms with Crippen molar-refractivity contribution in [1.29, 1.82) is 0 Å². The Balaban J connectivity index is 2.94. The van der Waals surface area contributed by atoms with Crippen molar-refractivity contribution in [1.82, 2.24) is 4.90 Å². The summed E-state index contributed by atoms with van der Waals surface area (Å²) in [6, 6.07) is 0.538. The van der Waals surface area contributed by atoms with Gasteiger partial charge in [-0.2, -0.15) is 11.8 Å². The second kappa shape index (κ2) is 5.34. The molecule has 108 valence electrons. The number of thioether (sulfide) groups is 1. The molecule has 0 aromatic carbocycles. The molecule has 0 bridgehead atoms. The zero-order valence-electron chi connectivity index (χ0n) is 13.3. The Bertz CT molecular complexity index is 283. The smallest absolute Gasteiger partial charge is 0.0427 e. The van der Waals surface area contributed by atoms with Crippen LogP contribution in [0.1, 0.15) is 48.0 Å². The van der Waals surface area contributed by atoms with Crippen LogP contribution in [0.3, 0.4) is 0 Å². The van der Waals surface area contributed by atoms with Crippen molar-refractivity contribution >= 4 is 11.8 Å². The molecule has 1 fully saturated rings. The van der Waals surface area contributed by atoms with Crippen LogP contribution < -0.4 is 5.73 Å². The molecule has 0 amide bonds. The van der Waals surface area contributed by atoms with Gasteiger partial charge < -0.3 is 5.73 Å². The highest BCUT2D eigenvalue weighted by molar-refractivity contribution is 7.99. The average Bonchev–Trinajstić information content (AvgIpc) is 2.24. The first kappa shape index (κ1) is 16.3. The van der Waals surface area contributed by atoms with Gasteiger partial charge in [-0.15, -0.1) is 0 Å². The van der Waals surface area contributed by atoms with E-state index in [1.165, 1.54) is 17.9 Å². The van der Waals surface area contributed by atoms with E-state index in [1.807, 2.05) is 0 Å². The molecule has 3 heteroatoms. The van der Waals surface area contributed by atoms with E-state index in [1.54, 1.807) is 0 Å². The van der Waals surface area contributed by atoms with Gasteiger partial charge in [-0.3, -0.25) is 4.90 Å². The van der Waals surface area contributed by atoms with Gasteiger partial charge in [0.2, 0.25) is 0 Å². The Kier molecular flexibility index (Phi) is 4.84. The second-order valence-corrected chi connectivity index (χ2v) is 8.90. The molecule has 1 rings (SSSR count). The molecule has 1 heterocycles. The van der Waals surface area contributed by atoms with Crippen LogP contribution in [-0.2, 0) is 0 Å². The number of likely N-dealkylation sites (N-methyl/N-ethyl adjacent to an activating group) is 1. The Morgan fingerprint density at radius 3 is 2.22 bits per heavy atom. The van der Waals surface area contributed by atoms with Gasteiger partial charge in [0, 0.05) is 23.9 Å². The first-order valence-corrected chi connectivity index (χ1v) is 8.20. The predicted octanol–water partition coefficient (Wildman–Crippen LogP) is 3.21. The van der Waals surface area contributed by atoms with E-state index in [-0.39, 0.29) is 5.54 Å². The van der Waals surface area contributed by atoms with Crippen molar-refractivity contribution < 1.29 is 0 Å². The molecule has 1 aliphatic heterocycles. The SMILES string of the molecule is CC(N(C)C1(CN)CSCC(C)(C)C1)C(C)(C)C. The minimum atomic E-state index is 0.166. The summed E-state index contributed by atoms with van der Waals surface area (Å²) in [7, 11) is 2.27. The molecular weight excluding hydrogens is 240 g/mol. The zero-order chi connectivity index (χ0) is 14.2. The highest BCUT2D eigenvalue weighted by atomic mass is 32.2. The topological polar surface area (TPSA) is 29.3 Å². The lowest BCUT2D eigenvalue weighted by atomic mass is 9.76. The number of nitrogens with two attached hydrogens (primary N) is 1. The lowest BCUT2D eigenvalue weighted by Crippen LogP contribution is -2.62. The highest BCUT2D eigenvalue weighted by Crippen LogP contribution is 2.43. The van der Waals surface area contributed by atoms with Crippen molar-refractivity contribution in [3.63, 3.8) is 0 Å². The highest BCUT2D eigenvalue weighted by Gasteiger charge is 2.45. The van der Waals surface area contributed by atoms with Gasteiger partial charge in [0.1, 0.15) is 0 Å². The van der Waals surface area contributed by atoms with Gasteiger partial charge in [0.15, 0.2) is 0 Å². The van der Waals surface area contributed by atoms with Crippen molar-refractivity contribution in [3.8, 4) is 0 Å². The number of rotatable bonds is 3. The summed E-state index contributed by atoms with van der Waals surface area (Å²) in [5, 5.41) is 0. The Hall–Kier alpha value is 0.270. The fourth-order valence-electron chi connectivity index (χ4n) is 3.00. The van der Waals surface area contributed by atoms with E-state index in [2.05, 4.69) is 65.3 Å². The first-order chi connectivity index (χ1) is 8.04. The minimum Gasteiger partial charge on any atom is -0.329 e. The number of hydrogen-bond donors (Lipinski definition) is 1. The van der Waals surface area contributed by atoms with Crippen LogP contribution in [0.5, 0.6) is 0 Å². The zero-order valence-corrected chi connectivity index (χ0v) is 14.2. The van der Waals surface area contributed by atoms with Crippen LogP contribution in [0.4, 0.5) is 0 Å². The van der Waals surface area contributed by atoms with Crippen LogP contribution in [0.2, 0.25) is 0 Å². The largest absolute Gasteiger partial charge is 0.329 e.